The average molecular weight is 529 g/mol. The third kappa shape index (κ3) is 6.59. The maximum absolute atomic E-state index is 12.6. The molecule has 9 heteroatoms. The van der Waals surface area contributed by atoms with Crippen LogP contribution in [-0.2, 0) is 6.54 Å². The average Bonchev–Trinajstić information content (AvgIpc) is 3.30. The van der Waals surface area contributed by atoms with Crippen molar-refractivity contribution in [1.82, 2.24) is 15.1 Å². The van der Waals surface area contributed by atoms with Crippen LogP contribution < -0.4 is 10.1 Å². The van der Waals surface area contributed by atoms with Crippen molar-refractivity contribution >= 4 is 41.5 Å². The van der Waals surface area contributed by atoms with Crippen molar-refractivity contribution in [2.75, 3.05) is 39.8 Å². The summed E-state index contributed by atoms with van der Waals surface area (Å²) in [5.74, 6) is 1.55. The van der Waals surface area contributed by atoms with Crippen LogP contribution >= 0.6 is 35.6 Å². The molecular formula is C19H28ClF2IN4O. The van der Waals surface area contributed by atoms with Gasteiger partial charge in [0.2, 0.25) is 0 Å². The van der Waals surface area contributed by atoms with E-state index in [-0.39, 0.29) is 29.7 Å². The first-order valence-corrected chi connectivity index (χ1v) is 9.84. The minimum Gasteiger partial charge on any atom is -0.434 e. The molecule has 1 N–H and O–H groups in total. The number of aliphatic imine (C=N–C) groups is 1. The molecule has 1 aromatic carbocycles. The summed E-state index contributed by atoms with van der Waals surface area (Å²) in [7, 11) is 1.74. The Balaban J connectivity index is 0.00000280. The number of benzene rings is 1. The summed E-state index contributed by atoms with van der Waals surface area (Å²) < 4.78 is 29.8. The number of hydrogen-bond donors (Lipinski definition) is 1. The summed E-state index contributed by atoms with van der Waals surface area (Å²) in [6, 6.07) is 4.65. The summed E-state index contributed by atoms with van der Waals surface area (Å²) in [6.07, 6.45) is 3.76. The minimum absolute atomic E-state index is 0. The highest BCUT2D eigenvalue weighted by molar-refractivity contribution is 14.0. The largest absolute Gasteiger partial charge is 0.434 e. The number of hydrogen-bond acceptors (Lipinski definition) is 3. The molecule has 0 amide bonds. The number of nitrogens with one attached hydrogen (secondary N) is 1. The summed E-state index contributed by atoms with van der Waals surface area (Å²) in [5, 5.41) is 3.74. The predicted octanol–water partition coefficient (Wildman–Crippen LogP) is 4.05. The Hall–Kier alpha value is -0.870. The normalized spacial score (nSPS) is 20.5. The SMILES string of the molecule is CN=C(NCc1cc(Cl)ccc1OC(F)F)N1CCC(CN2CCCC2)C1.I. The van der Waals surface area contributed by atoms with Crippen molar-refractivity contribution in [3.63, 3.8) is 0 Å². The second-order valence-corrected chi connectivity index (χ2v) is 7.58. The quantitative estimate of drug-likeness (QED) is 0.344. The number of likely N-dealkylation sites (tertiary alicyclic amines) is 2. The van der Waals surface area contributed by atoms with Crippen molar-refractivity contribution in [2.24, 2.45) is 10.9 Å². The number of halogens is 4. The summed E-state index contributed by atoms with van der Waals surface area (Å²) in [5.41, 5.74) is 0.580. The van der Waals surface area contributed by atoms with E-state index in [0.717, 1.165) is 32.0 Å². The molecule has 2 saturated heterocycles. The van der Waals surface area contributed by atoms with Crippen LogP contribution in [0.5, 0.6) is 5.75 Å². The lowest BCUT2D eigenvalue weighted by molar-refractivity contribution is -0.0504. The Morgan fingerprint density at radius 1 is 1.32 bits per heavy atom. The molecule has 0 saturated carbocycles. The molecule has 28 heavy (non-hydrogen) atoms. The number of guanidine groups is 1. The summed E-state index contributed by atoms with van der Waals surface area (Å²) in [6.45, 7) is 2.95. The van der Waals surface area contributed by atoms with E-state index < -0.39 is 6.61 Å². The number of ether oxygens (including phenoxy) is 1. The molecule has 158 valence electrons. The lowest BCUT2D eigenvalue weighted by Crippen LogP contribution is -2.40. The second kappa shape index (κ2) is 11.3. The van der Waals surface area contributed by atoms with Crippen molar-refractivity contribution in [1.29, 1.82) is 0 Å². The van der Waals surface area contributed by atoms with Gasteiger partial charge in [0.25, 0.3) is 0 Å². The Labute approximate surface area is 187 Å². The Morgan fingerprint density at radius 3 is 2.75 bits per heavy atom. The molecule has 5 nitrogen and oxygen atoms in total. The Kier molecular flexibility index (Phi) is 9.49. The van der Waals surface area contributed by atoms with Crippen LogP contribution in [0.15, 0.2) is 23.2 Å². The smallest absolute Gasteiger partial charge is 0.387 e. The molecule has 2 aliphatic heterocycles. The molecule has 0 spiro atoms. The number of rotatable bonds is 6. The topological polar surface area (TPSA) is 40.1 Å². The molecule has 1 atom stereocenters. The lowest BCUT2D eigenvalue weighted by atomic mass is 10.1. The molecule has 0 aliphatic carbocycles. The first-order chi connectivity index (χ1) is 13.0. The van der Waals surface area contributed by atoms with Gasteiger partial charge in [-0.15, -0.1) is 24.0 Å². The maximum atomic E-state index is 12.6. The van der Waals surface area contributed by atoms with E-state index in [4.69, 9.17) is 11.6 Å². The molecule has 2 fully saturated rings. The summed E-state index contributed by atoms with van der Waals surface area (Å²) in [4.78, 5) is 9.14. The molecule has 0 radical (unpaired) electrons. The fourth-order valence-electron chi connectivity index (χ4n) is 3.91. The van der Waals surface area contributed by atoms with Crippen LogP contribution in [-0.4, -0.2) is 62.1 Å². The minimum atomic E-state index is -2.87. The van der Waals surface area contributed by atoms with Gasteiger partial charge in [-0.1, -0.05) is 11.6 Å². The van der Waals surface area contributed by atoms with Gasteiger partial charge in [-0.3, -0.25) is 4.99 Å². The van der Waals surface area contributed by atoms with Crippen LogP contribution in [0, 0.1) is 5.92 Å². The first-order valence-electron chi connectivity index (χ1n) is 9.46. The van der Waals surface area contributed by atoms with Crippen LogP contribution in [0.3, 0.4) is 0 Å². The monoisotopic (exact) mass is 528 g/mol. The molecule has 0 bridgehead atoms. The predicted molar refractivity (Wildman–Crippen MR) is 119 cm³/mol. The van der Waals surface area contributed by atoms with E-state index >= 15 is 0 Å². The zero-order chi connectivity index (χ0) is 19.2. The molecule has 2 heterocycles. The summed E-state index contributed by atoms with van der Waals surface area (Å²) >= 11 is 6.01. The molecule has 0 aromatic heterocycles. The molecule has 1 unspecified atom stereocenters. The fourth-order valence-corrected chi connectivity index (χ4v) is 4.10. The lowest BCUT2D eigenvalue weighted by Gasteiger charge is -2.23. The highest BCUT2D eigenvalue weighted by Crippen LogP contribution is 2.25. The van der Waals surface area contributed by atoms with E-state index in [1.54, 1.807) is 19.2 Å². The fraction of sp³-hybridized carbons (Fsp3) is 0.632. The van der Waals surface area contributed by atoms with Gasteiger partial charge >= 0.3 is 6.61 Å². The molecule has 2 aliphatic rings. The van der Waals surface area contributed by atoms with Crippen LogP contribution in [0.2, 0.25) is 5.02 Å². The van der Waals surface area contributed by atoms with E-state index in [1.165, 1.54) is 32.0 Å². The number of alkyl halides is 2. The van der Waals surface area contributed by atoms with Gasteiger partial charge in [0.15, 0.2) is 5.96 Å². The van der Waals surface area contributed by atoms with E-state index in [1.807, 2.05) is 0 Å². The first kappa shape index (κ1) is 23.4. The maximum Gasteiger partial charge on any atom is 0.387 e. The van der Waals surface area contributed by atoms with Crippen LogP contribution in [0.25, 0.3) is 0 Å². The Morgan fingerprint density at radius 2 is 2.07 bits per heavy atom. The molecule has 3 rings (SSSR count). The van der Waals surface area contributed by atoms with E-state index in [0.29, 0.717) is 23.0 Å². The van der Waals surface area contributed by atoms with Crippen molar-refractivity contribution in [3.8, 4) is 5.75 Å². The van der Waals surface area contributed by atoms with Gasteiger partial charge in [-0.25, -0.2) is 0 Å². The van der Waals surface area contributed by atoms with E-state index in [9.17, 15) is 8.78 Å². The van der Waals surface area contributed by atoms with Gasteiger partial charge in [0, 0.05) is 43.8 Å². The standard InChI is InChI=1S/C19H27ClF2N4O.HI/c1-23-19(26-9-6-14(13-26)12-25-7-2-3-8-25)24-11-15-10-16(20)4-5-17(15)27-18(21)22;/h4-5,10,14,18H,2-3,6-9,11-13H2,1H3,(H,23,24);1H. The van der Waals surface area contributed by atoms with Gasteiger partial charge in [0.1, 0.15) is 5.75 Å². The van der Waals surface area contributed by atoms with Gasteiger partial charge in [0.05, 0.1) is 0 Å². The zero-order valence-corrected chi connectivity index (χ0v) is 19.1. The molecular weight excluding hydrogens is 501 g/mol. The highest BCUT2D eigenvalue weighted by atomic mass is 127. The van der Waals surface area contributed by atoms with Crippen LogP contribution in [0.4, 0.5) is 8.78 Å². The third-order valence-corrected chi connectivity index (χ3v) is 5.42. The number of nitrogens with zero attached hydrogens (tertiary/aromatic N) is 3. The third-order valence-electron chi connectivity index (χ3n) is 5.19. The van der Waals surface area contributed by atoms with Gasteiger partial charge in [-0.05, 0) is 56.5 Å². The van der Waals surface area contributed by atoms with Crippen molar-refractivity contribution in [3.05, 3.63) is 28.8 Å². The van der Waals surface area contributed by atoms with Gasteiger partial charge in [-0.2, -0.15) is 8.78 Å². The Bertz CT molecular complexity index is 659. The van der Waals surface area contributed by atoms with Crippen LogP contribution in [0.1, 0.15) is 24.8 Å². The van der Waals surface area contributed by atoms with Gasteiger partial charge < -0.3 is 19.9 Å². The second-order valence-electron chi connectivity index (χ2n) is 7.14. The zero-order valence-electron chi connectivity index (χ0n) is 16.0. The highest BCUT2D eigenvalue weighted by Gasteiger charge is 2.27. The van der Waals surface area contributed by atoms with E-state index in [2.05, 4.69) is 24.8 Å². The van der Waals surface area contributed by atoms with Crippen molar-refractivity contribution < 1.29 is 13.5 Å². The molecule has 1 aromatic rings. The van der Waals surface area contributed by atoms with Crippen molar-refractivity contribution in [2.45, 2.75) is 32.4 Å².